The quantitative estimate of drug-likeness (QED) is 0.756. The van der Waals surface area contributed by atoms with Gasteiger partial charge in [0.1, 0.15) is 5.69 Å². The van der Waals surface area contributed by atoms with Gasteiger partial charge in [-0.3, -0.25) is 4.99 Å². The lowest BCUT2D eigenvalue weighted by Gasteiger charge is -1.98. The van der Waals surface area contributed by atoms with Gasteiger partial charge in [0.15, 0.2) is 0 Å². The van der Waals surface area contributed by atoms with Gasteiger partial charge in [0.05, 0.1) is 13.0 Å². The molecular formula is C10H12BrN2+. The van der Waals surface area contributed by atoms with Crippen LogP contribution >= 0.6 is 15.9 Å². The Morgan fingerprint density at radius 1 is 1.38 bits per heavy atom. The van der Waals surface area contributed by atoms with Crippen LogP contribution in [0.5, 0.6) is 0 Å². The maximum atomic E-state index is 3.44. The Morgan fingerprint density at radius 3 is 3.00 bits per heavy atom. The third-order valence-electron chi connectivity index (χ3n) is 2.06. The van der Waals surface area contributed by atoms with Gasteiger partial charge in [-0.05, 0) is 24.6 Å². The minimum atomic E-state index is 1.09. The zero-order chi connectivity index (χ0) is 9.10. The van der Waals surface area contributed by atoms with E-state index in [9.17, 15) is 0 Å². The van der Waals surface area contributed by atoms with Crippen LogP contribution in [-0.4, -0.2) is 12.4 Å². The monoisotopic (exact) mass is 239 g/mol. The predicted octanol–water partition coefficient (Wildman–Crippen LogP) is 1.13. The van der Waals surface area contributed by atoms with Gasteiger partial charge >= 0.3 is 0 Å². The zero-order valence-electron chi connectivity index (χ0n) is 7.31. The van der Waals surface area contributed by atoms with Crippen LogP contribution in [0, 0.1) is 0 Å². The Hall–Kier alpha value is -0.830. The van der Waals surface area contributed by atoms with Crippen molar-refractivity contribution < 1.29 is 4.99 Å². The van der Waals surface area contributed by atoms with Crippen LogP contribution in [0.4, 0.5) is 5.69 Å². The van der Waals surface area contributed by atoms with Crippen LogP contribution in [0.15, 0.2) is 28.7 Å². The molecule has 1 aliphatic heterocycles. The first-order valence-corrected chi connectivity index (χ1v) is 5.26. The second kappa shape index (κ2) is 3.92. The summed E-state index contributed by atoms with van der Waals surface area (Å²) in [7, 11) is 0. The Bertz CT molecular complexity index is 333. The molecule has 0 unspecified atom stereocenters. The summed E-state index contributed by atoms with van der Waals surface area (Å²) < 4.78 is 1.11. The van der Waals surface area contributed by atoms with Gasteiger partial charge in [0.25, 0.3) is 0 Å². The van der Waals surface area contributed by atoms with E-state index in [4.69, 9.17) is 0 Å². The molecule has 0 radical (unpaired) electrons. The molecule has 2 nitrogen and oxygen atoms in total. The highest BCUT2D eigenvalue weighted by molar-refractivity contribution is 9.10. The summed E-state index contributed by atoms with van der Waals surface area (Å²) in [5, 5.41) is 3.36. The van der Waals surface area contributed by atoms with E-state index in [0.29, 0.717) is 0 Å². The molecule has 2 rings (SSSR count). The van der Waals surface area contributed by atoms with E-state index in [1.165, 1.54) is 12.3 Å². The summed E-state index contributed by atoms with van der Waals surface area (Å²) in [5.74, 6) is 1.23. The number of hydrogen-bond acceptors (Lipinski definition) is 1. The van der Waals surface area contributed by atoms with E-state index in [1.54, 1.807) is 0 Å². The van der Waals surface area contributed by atoms with E-state index in [0.717, 1.165) is 23.1 Å². The van der Waals surface area contributed by atoms with Gasteiger partial charge in [-0.2, -0.15) is 0 Å². The van der Waals surface area contributed by atoms with Gasteiger partial charge in [0, 0.05) is 4.47 Å². The molecule has 0 saturated heterocycles. The molecule has 0 aliphatic carbocycles. The van der Waals surface area contributed by atoms with Crippen molar-refractivity contribution in [2.45, 2.75) is 12.8 Å². The Kier molecular flexibility index (Phi) is 2.64. The van der Waals surface area contributed by atoms with E-state index in [2.05, 4.69) is 38.4 Å². The van der Waals surface area contributed by atoms with Crippen molar-refractivity contribution in [1.82, 2.24) is 0 Å². The molecule has 1 aliphatic rings. The molecule has 0 amide bonds. The van der Waals surface area contributed by atoms with Crippen molar-refractivity contribution >= 4 is 27.5 Å². The third-order valence-corrected chi connectivity index (χ3v) is 2.56. The molecule has 1 aromatic carbocycles. The predicted molar refractivity (Wildman–Crippen MR) is 57.8 cm³/mol. The van der Waals surface area contributed by atoms with E-state index in [-0.39, 0.29) is 0 Å². The maximum absolute atomic E-state index is 3.44. The van der Waals surface area contributed by atoms with Gasteiger partial charge in [-0.25, -0.2) is 5.32 Å². The first-order chi connectivity index (χ1) is 6.34. The minimum Gasteiger partial charge on any atom is -0.278 e. The van der Waals surface area contributed by atoms with E-state index >= 15 is 0 Å². The number of hydrogen-bond donors (Lipinski definition) is 2. The molecule has 0 atom stereocenters. The highest BCUT2D eigenvalue weighted by Gasteiger charge is 2.12. The Balaban J connectivity index is 2.09. The molecule has 0 saturated carbocycles. The summed E-state index contributed by atoms with van der Waals surface area (Å²) in [5.41, 5.74) is 1.14. The lowest BCUT2D eigenvalue weighted by Crippen LogP contribution is -2.70. The van der Waals surface area contributed by atoms with Crippen LogP contribution in [0.25, 0.3) is 0 Å². The fourth-order valence-corrected chi connectivity index (χ4v) is 1.84. The number of benzene rings is 1. The van der Waals surface area contributed by atoms with Crippen molar-refractivity contribution in [2.75, 3.05) is 11.9 Å². The Morgan fingerprint density at radius 2 is 2.31 bits per heavy atom. The van der Waals surface area contributed by atoms with Crippen LogP contribution < -0.4 is 10.3 Å². The van der Waals surface area contributed by atoms with Crippen LogP contribution in [0.1, 0.15) is 12.8 Å². The van der Waals surface area contributed by atoms with E-state index < -0.39 is 0 Å². The summed E-state index contributed by atoms with van der Waals surface area (Å²) in [4.78, 5) is 3.31. The highest BCUT2D eigenvalue weighted by Crippen LogP contribution is 2.15. The van der Waals surface area contributed by atoms with Crippen LogP contribution in [0.2, 0.25) is 0 Å². The van der Waals surface area contributed by atoms with Crippen molar-refractivity contribution in [3.05, 3.63) is 28.7 Å². The average molecular weight is 240 g/mol. The molecular weight excluding hydrogens is 228 g/mol. The topological polar surface area (TPSA) is 26.0 Å². The maximum Gasteiger partial charge on any atom is 0.247 e. The van der Waals surface area contributed by atoms with E-state index in [1.807, 2.05) is 12.1 Å². The molecule has 0 fully saturated rings. The highest BCUT2D eigenvalue weighted by atomic mass is 79.9. The first-order valence-electron chi connectivity index (χ1n) is 4.47. The number of rotatable bonds is 1. The molecule has 13 heavy (non-hydrogen) atoms. The fourth-order valence-electron chi connectivity index (χ4n) is 1.44. The normalized spacial score (nSPS) is 15.6. The summed E-state index contributed by atoms with van der Waals surface area (Å²) in [6.07, 6.45) is 2.36. The van der Waals surface area contributed by atoms with Crippen molar-refractivity contribution in [3.8, 4) is 0 Å². The molecule has 1 aromatic rings. The standard InChI is InChI=1S/C10H11BrN2/c11-8-3-1-4-9(7-8)13-10-5-2-6-12-10/h1,3-4,7H,2,5-6H2,(H,12,13)/p+1. The molecule has 2 N–H and O–H groups in total. The van der Waals surface area contributed by atoms with Gasteiger partial charge in [-0.1, -0.05) is 22.0 Å². The van der Waals surface area contributed by atoms with Crippen molar-refractivity contribution in [2.24, 2.45) is 0 Å². The lowest BCUT2D eigenvalue weighted by atomic mass is 10.3. The minimum absolute atomic E-state index is 1.09. The smallest absolute Gasteiger partial charge is 0.247 e. The first kappa shape index (κ1) is 8.75. The zero-order valence-corrected chi connectivity index (χ0v) is 8.89. The summed E-state index contributed by atoms with van der Waals surface area (Å²) in [6, 6.07) is 8.20. The second-order valence-electron chi connectivity index (χ2n) is 3.14. The van der Waals surface area contributed by atoms with Crippen LogP contribution in [0.3, 0.4) is 0 Å². The molecule has 1 heterocycles. The van der Waals surface area contributed by atoms with Gasteiger partial charge in [0.2, 0.25) is 5.84 Å². The number of nitrogens with one attached hydrogen (secondary N) is 2. The van der Waals surface area contributed by atoms with Gasteiger partial charge in [-0.15, -0.1) is 0 Å². The molecule has 0 bridgehead atoms. The molecule has 3 heteroatoms. The molecule has 0 spiro atoms. The third kappa shape index (κ3) is 2.31. The SMILES string of the molecule is Brc1cccc(NC2=[NH+]CCC2)c1. The lowest BCUT2D eigenvalue weighted by molar-refractivity contribution is -0.447. The fraction of sp³-hybridized carbons (Fsp3) is 0.300. The Labute approximate surface area is 86.2 Å². The summed E-state index contributed by atoms with van der Waals surface area (Å²) in [6.45, 7) is 1.09. The number of amidine groups is 1. The van der Waals surface area contributed by atoms with Crippen molar-refractivity contribution in [3.63, 3.8) is 0 Å². The molecule has 68 valence electrons. The summed E-state index contributed by atoms with van der Waals surface area (Å²) >= 11 is 3.44. The number of anilines is 1. The molecule has 0 aromatic heterocycles. The van der Waals surface area contributed by atoms with Gasteiger partial charge < -0.3 is 0 Å². The number of halogens is 1. The second-order valence-corrected chi connectivity index (χ2v) is 4.06. The van der Waals surface area contributed by atoms with Crippen LogP contribution in [-0.2, 0) is 0 Å². The largest absolute Gasteiger partial charge is 0.278 e. The average Bonchev–Trinajstić information content (AvgIpc) is 2.57. The van der Waals surface area contributed by atoms with Crippen molar-refractivity contribution in [1.29, 1.82) is 0 Å².